The molecule has 1 aromatic heterocycles. The number of para-hydroxylation sites is 2. The molecule has 0 spiro atoms. The predicted octanol–water partition coefficient (Wildman–Crippen LogP) is 3.82. The molecule has 1 amide bonds. The second-order valence-electron chi connectivity index (χ2n) is 8.03. The molecule has 2 aromatic carbocycles. The first-order valence-electron chi connectivity index (χ1n) is 10.2. The van der Waals surface area contributed by atoms with Crippen molar-refractivity contribution < 1.29 is 9.69 Å². The van der Waals surface area contributed by atoms with E-state index in [1.165, 1.54) is 26.6 Å². The molecule has 0 saturated carbocycles. The lowest BCUT2D eigenvalue weighted by Crippen LogP contribution is -3.14. The van der Waals surface area contributed by atoms with E-state index >= 15 is 0 Å². The number of quaternary nitrogens is 1. The van der Waals surface area contributed by atoms with Crippen LogP contribution in [0.15, 0.2) is 48.5 Å². The van der Waals surface area contributed by atoms with Crippen molar-refractivity contribution in [2.24, 2.45) is 0 Å². The highest BCUT2D eigenvalue weighted by atomic mass is 32.1. The summed E-state index contributed by atoms with van der Waals surface area (Å²) in [5.41, 5.74) is 3.23. The minimum Gasteiger partial charge on any atom is -0.327 e. The van der Waals surface area contributed by atoms with Crippen LogP contribution in [0.4, 0.5) is 5.69 Å². The minimum atomic E-state index is 0.105. The number of carbonyl (C=O) groups is 1. The summed E-state index contributed by atoms with van der Waals surface area (Å²) in [7, 11) is 0. The van der Waals surface area contributed by atoms with E-state index in [4.69, 9.17) is 4.98 Å². The molecule has 1 saturated heterocycles. The number of piperidine rings is 1. The summed E-state index contributed by atoms with van der Waals surface area (Å²) in [6.45, 7) is 6.88. The first-order chi connectivity index (χ1) is 13.6. The van der Waals surface area contributed by atoms with Gasteiger partial charge in [0.2, 0.25) is 0 Å². The summed E-state index contributed by atoms with van der Waals surface area (Å²) in [5.74, 6) is 0.951. The number of nitrogens with zero attached hydrogens (tertiary/aromatic N) is 1. The molecule has 0 aliphatic carbocycles. The van der Waals surface area contributed by atoms with Crippen molar-refractivity contribution in [2.75, 3.05) is 25.0 Å². The molecule has 146 valence electrons. The number of rotatable bonds is 5. The summed E-state index contributed by atoms with van der Waals surface area (Å²) in [4.78, 5) is 18.9. The summed E-state index contributed by atoms with van der Waals surface area (Å²) in [5, 5.41) is 4.37. The number of aromatic nitrogens is 1. The first kappa shape index (κ1) is 19.1. The number of benzene rings is 2. The zero-order chi connectivity index (χ0) is 19.5. The van der Waals surface area contributed by atoms with Gasteiger partial charge in [-0.1, -0.05) is 44.2 Å². The fourth-order valence-corrected chi connectivity index (χ4v) is 5.22. The molecule has 3 aromatic rings. The molecule has 5 heteroatoms. The number of hydrogen-bond donors (Lipinski definition) is 2. The van der Waals surface area contributed by atoms with E-state index in [2.05, 4.69) is 43.4 Å². The maximum Gasteiger partial charge on any atom is 0.279 e. The molecule has 1 fully saturated rings. The van der Waals surface area contributed by atoms with Gasteiger partial charge in [0.25, 0.3) is 5.91 Å². The lowest BCUT2D eigenvalue weighted by Gasteiger charge is -2.28. The van der Waals surface area contributed by atoms with Crippen LogP contribution in [0.25, 0.3) is 10.2 Å². The number of hydrogen-bond acceptors (Lipinski definition) is 3. The second-order valence-corrected chi connectivity index (χ2v) is 9.09. The minimum absolute atomic E-state index is 0.105. The highest BCUT2D eigenvalue weighted by Crippen LogP contribution is 2.30. The largest absolute Gasteiger partial charge is 0.327 e. The summed E-state index contributed by atoms with van der Waals surface area (Å²) < 4.78 is 1.26. The van der Waals surface area contributed by atoms with Gasteiger partial charge in [-0.25, -0.2) is 4.98 Å². The molecule has 1 unspecified atom stereocenters. The van der Waals surface area contributed by atoms with Gasteiger partial charge in [0, 0.05) is 5.69 Å². The summed E-state index contributed by atoms with van der Waals surface area (Å²) in [6.07, 6.45) is 2.31. The summed E-state index contributed by atoms with van der Waals surface area (Å²) in [6, 6.07) is 16.5. The van der Waals surface area contributed by atoms with E-state index in [0.29, 0.717) is 18.4 Å². The van der Waals surface area contributed by atoms with Crippen molar-refractivity contribution in [2.45, 2.75) is 38.5 Å². The Morgan fingerprint density at radius 3 is 2.82 bits per heavy atom. The van der Waals surface area contributed by atoms with Gasteiger partial charge in [-0.15, -0.1) is 11.3 Å². The van der Waals surface area contributed by atoms with Gasteiger partial charge in [0.05, 0.1) is 29.2 Å². The SMILES string of the molecule is CC(C)c1ccccc1NC(=O)C[NH+]1CCC[C@H](c2nc3ccccc3s2)C1. The number of carbonyl (C=O) groups excluding carboxylic acids is 1. The Kier molecular flexibility index (Phi) is 5.74. The van der Waals surface area contributed by atoms with Crippen LogP contribution in [0, 0.1) is 0 Å². The Balaban J connectivity index is 1.40. The lowest BCUT2D eigenvalue weighted by molar-refractivity contribution is -0.898. The zero-order valence-electron chi connectivity index (χ0n) is 16.6. The normalized spacial score (nSPS) is 19.8. The molecule has 1 aliphatic heterocycles. The number of amides is 1. The van der Waals surface area contributed by atoms with E-state index in [-0.39, 0.29) is 5.91 Å². The third-order valence-corrected chi connectivity index (χ3v) is 6.74. The third-order valence-electron chi connectivity index (χ3n) is 5.55. The molecule has 2 heterocycles. The predicted molar refractivity (Wildman–Crippen MR) is 116 cm³/mol. The van der Waals surface area contributed by atoms with Gasteiger partial charge < -0.3 is 10.2 Å². The maximum absolute atomic E-state index is 12.7. The Labute approximate surface area is 170 Å². The number of nitrogens with one attached hydrogen (secondary N) is 2. The van der Waals surface area contributed by atoms with Crippen LogP contribution in [-0.4, -0.2) is 30.5 Å². The molecule has 0 bridgehead atoms. The van der Waals surface area contributed by atoms with Gasteiger partial charge in [-0.2, -0.15) is 0 Å². The van der Waals surface area contributed by atoms with Crippen molar-refractivity contribution in [3.63, 3.8) is 0 Å². The van der Waals surface area contributed by atoms with Gasteiger partial charge in [0.15, 0.2) is 6.54 Å². The van der Waals surface area contributed by atoms with Crippen LogP contribution in [0.1, 0.15) is 49.1 Å². The lowest BCUT2D eigenvalue weighted by atomic mass is 9.98. The highest BCUT2D eigenvalue weighted by molar-refractivity contribution is 7.18. The number of likely N-dealkylation sites (tertiary alicyclic amines) is 1. The standard InChI is InChI=1S/C23H27N3OS/c1-16(2)18-9-3-4-10-19(18)24-22(27)15-26-13-7-8-17(14-26)23-25-20-11-5-6-12-21(20)28-23/h3-6,9-12,16-17H,7-8,13-15H2,1-2H3,(H,24,27)/p+1/t17-/m0/s1. The van der Waals surface area contributed by atoms with E-state index < -0.39 is 0 Å². The molecule has 4 rings (SSSR count). The monoisotopic (exact) mass is 394 g/mol. The Bertz CT molecular complexity index is 932. The average Bonchev–Trinajstić information content (AvgIpc) is 3.13. The van der Waals surface area contributed by atoms with E-state index in [0.717, 1.165) is 30.7 Å². The summed E-state index contributed by atoms with van der Waals surface area (Å²) >= 11 is 1.81. The van der Waals surface area contributed by atoms with Gasteiger partial charge in [0.1, 0.15) is 5.01 Å². The first-order valence-corrected chi connectivity index (χ1v) is 11.0. The fourth-order valence-electron chi connectivity index (χ4n) is 4.12. The van der Waals surface area contributed by atoms with Crippen LogP contribution in [0.5, 0.6) is 0 Å². The second kappa shape index (κ2) is 8.41. The third kappa shape index (κ3) is 4.26. The van der Waals surface area contributed by atoms with Crippen molar-refractivity contribution in [3.05, 3.63) is 59.1 Å². The fraction of sp³-hybridized carbons (Fsp3) is 0.391. The molecule has 0 radical (unpaired) electrons. The number of thiazole rings is 1. The maximum atomic E-state index is 12.7. The molecular weight excluding hydrogens is 366 g/mol. The Morgan fingerprint density at radius 1 is 1.21 bits per heavy atom. The number of fused-ring (bicyclic) bond motifs is 1. The van der Waals surface area contributed by atoms with Gasteiger partial charge in [-0.3, -0.25) is 4.79 Å². The van der Waals surface area contributed by atoms with Crippen LogP contribution in [-0.2, 0) is 4.79 Å². The molecule has 28 heavy (non-hydrogen) atoms. The van der Waals surface area contributed by atoms with E-state index in [1.807, 2.05) is 35.6 Å². The molecule has 2 atom stereocenters. The van der Waals surface area contributed by atoms with Crippen molar-refractivity contribution in [1.82, 2.24) is 4.98 Å². The smallest absolute Gasteiger partial charge is 0.279 e. The topological polar surface area (TPSA) is 46.4 Å². The van der Waals surface area contributed by atoms with Crippen molar-refractivity contribution >= 4 is 33.1 Å². The Morgan fingerprint density at radius 2 is 2.00 bits per heavy atom. The zero-order valence-corrected chi connectivity index (χ0v) is 17.4. The molecule has 1 aliphatic rings. The van der Waals surface area contributed by atoms with Gasteiger partial charge >= 0.3 is 0 Å². The highest BCUT2D eigenvalue weighted by Gasteiger charge is 2.28. The van der Waals surface area contributed by atoms with Gasteiger partial charge in [-0.05, 0) is 42.5 Å². The van der Waals surface area contributed by atoms with E-state index in [1.54, 1.807) is 0 Å². The van der Waals surface area contributed by atoms with Crippen LogP contribution in [0.2, 0.25) is 0 Å². The average molecular weight is 395 g/mol. The number of anilines is 1. The molecule has 4 nitrogen and oxygen atoms in total. The van der Waals surface area contributed by atoms with Crippen molar-refractivity contribution in [1.29, 1.82) is 0 Å². The van der Waals surface area contributed by atoms with Crippen LogP contribution in [0.3, 0.4) is 0 Å². The van der Waals surface area contributed by atoms with Crippen LogP contribution < -0.4 is 10.2 Å². The van der Waals surface area contributed by atoms with Crippen LogP contribution >= 0.6 is 11.3 Å². The van der Waals surface area contributed by atoms with Crippen molar-refractivity contribution in [3.8, 4) is 0 Å². The van der Waals surface area contributed by atoms with E-state index in [9.17, 15) is 4.79 Å². The quantitative estimate of drug-likeness (QED) is 0.691. The molecule has 2 N–H and O–H groups in total. The Hall–Kier alpha value is -2.24. The molecular formula is C23H28N3OS+.